The molecular weight excluding hydrogens is 226 g/mol. The summed E-state index contributed by atoms with van der Waals surface area (Å²) in [6.45, 7) is 8.08. The van der Waals surface area contributed by atoms with E-state index in [2.05, 4.69) is 15.1 Å². The van der Waals surface area contributed by atoms with Crippen LogP contribution in [0.5, 0.6) is 0 Å². The largest absolute Gasteiger partial charge is 0.390 e. The topological polar surface area (TPSA) is 38.7 Å². The lowest BCUT2D eigenvalue weighted by Crippen LogP contribution is -2.48. The van der Waals surface area contributed by atoms with E-state index in [-0.39, 0.29) is 6.10 Å². The van der Waals surface area contributed by atoms with Gasteiger partial charge in [0.05, 0.1) is 6.10 Å². The van der Waals surface area contributed by atoms with Crippen molar-refractivity contribution < 1.29 is 5.11 Å². The van der Waals surface area contributed by atoms with Gasteiger partial charge in [0.25, 0.3) is 0 Å². The highest BCUT2D eigenvalue weighted by Gasteiger charge is 2.33. The van der Waals surface area contributed by atoms with Gasteiger partial charge < -0.3 is 15.3 Å². The number of likely N-dealkylation sites (tertiary alicyclic amines) is 2. The molecule has 4 nitrogen and oxygen atoms in total. The summed E-state index contributed by atoms with van der Waals surface area (Å²) in [5.74, 6) is 0.894. The Balaban J connectivity index is 1.43. The summed E-state index contributed by atoms with van der Waals surface area (Å²) in [7, 11) is 0. The Morgan fingerprint density at radius 1 is 1.00 bits per heavy atom. The second-order valence-corrected chi connectivity index (χ2v) is 6.28. The molecule has 0 amide bonds. The van der Waals surface area contributed by atoms with Crippen LogP contribution in [-0.2, 0) is 0 Å². The van der Waals surface area contributed by atoms with Crippen molar-refractivity contribution in [3.8, 4) is 0 Å². The monoisotopic (exact) mass is 253 g/mol. The third-order valence-corrected chi connectivity index (χ3v) is 4.98. The molecule has 0 saturated carbocycles. The Labute approximate surface area is 110 Å². The molecule has 3 saturated heterocycles. The summed E-state index contributed by atoms with van der Waals surface area (Å²) in [4.78, 5) is 5.15. The van der Waals surface area contributed by atoms with Gasteiger partial charge in [0.1, 0.15) is 0 Å². The standard InChI is InChI=1S/C14H27N3O/c18-14-10-15-9-13(14)17-7-3-12(4-8-17)11-16-5-1-2-6-16/h12-15,18H,1-11H2. The average molecular weight is 253 g/mol. The highest BCUT2D eigenvalue weighted by molar-refractivity contribution is 4.90. The number of nitrogens with zero attached hydrogens (tertiary/aromatic N) is 2. The molecule has 3 fully saturated rings. The van der Waals surface area contributed by atoms with Gasteiger partial charge in [-0.3, -0.25) is 4.90 Å². The van der Waals surface area contributed by atoms with Gasteiger partial charge in [-0.15, -0.1) is 0 Å². The predicted molar refractivity (Wildman–Crippen MR) is 72.6 cm³/mol. The number of aliphatic hydroxyl groups is 1. The first-order chi connectivity index (χ1) is 8.83. The molecular formula is C14H27N3O. The zero-order chi connectivity index (χ0) is 12.4. The molecule has 2 unspecified atom stereocenters. The Morgan fingerprint density at radius 2 is 1.72 bits per heavy atom. The van der Waals surface area contributed by atoms with Crippen LogP contribution in [0, 0.1) is 5.92 Å². The molecule has 0 aromatic carbocycles. The molecule has 0 bridgehead atoms. The number of β-amino-alcohol motifs (C(OH)–C–C–N with tert-alkyl or cyclic N) is 1. The average Bonchev–Trinajstić information content (AvgIpc) is 3.02. The van der Waals surface area contributed by atoms with Crippen LogP contribution in [-0.4, -0.2) is 72.9 Å². The van der Waals surface area contributed by atoms with Gasteiger partial charge in [-0.2, -0.15) is 0 Å². The van der Waals surface area contributed by atoms with Crippen LogP contribution in [0.15, 0.2) is 0 Å². The third kappa shape index (κ3) is 2.87. The van der Waals surface area contributed by atoms with E-state index in [1.54, 1.807) is 0 Å². The van der Waals surface area contributed by atoms with Gasteiger partial charge in [-0.1, -0.05) is 0 Å². The lowest BCUT2D eigenvalue weighted by Gasteiger charge is -2.37. The van der Waals surface area contributed by atoms with Gasteiger partial charge in [0, 0.05) is 25.7 Å². The summed E-state index contributed by atoms with van der Waals surface area (Å²) >= 11 is 0. The quantitative estimate of drug-likeness (QED) is 0.750. The van der Waals surface area contributed by atoms with Crippen LogP contribution in [0.2, 0.25) is 0 Å². The minimum atomic E-state index is -0.153. The fraction of sp³-hybridized carbons (Fsp3) is 1.00. The molecule has 0 radical (unpaired) electrons. The van der Waals surface area contributed by atoms with Crippen LogP contribution < -0.4 is 5.32 Å². The second kappa shape index (κ2) is 5.87. The Bertz CT molecular complexity index is 260. The van der Waals surface area contributed by atoms with Crippen LogP contribution in [0.1, 0.15) is 25.7 Å². The summed E-state index contributed by atoms with van der Waals surface area (Å²) < 4.78 is 0. The van der Waals surface area contributed by atoms with Crippen molar-refractivity contribution in [1.82, 2.24) is 15.1 Å². The first kappa shape index (κ1) is 12.9. The number of aliphatic hydroxyl groups excluding tert-OH is 1. The predicted octanol–water partition coefficient (Wildman–Crippen LogP) is 0.127. The number of nitrogens with one attached hydrogen (secondary N) is 1. The van der Waals surface area contributed by atoms with Crippen molar-refractivity contribution in [1.29, 1.82) is 0 Å². The lowest BCUT2D eigenvalue weighted by atomic mass is 9.94. The number of piperidine rings is 1. The third-order valence-electron chi connectivity index (χ3n) is 4.98. The molecule has 3 rings (SSSR count). The number of hydrogen-bond donors (Lipinski definition) is 2. The summed E-state index contributed by atoms with van der Waals surface area (Å²) in [6, 6.07) is 0.373. The van der Waals surface area contributed by atoms with E-state index in [0.717, 1.165) is 19.0 Å². The maximum absolute atomic E-state index is 9.92. The van der Waals surface area contributed by atoms with Crippen molar-refractivity contribution in [3.63, 3.8) is 0 Å². The van der Waals surface area contributed by atoms with Crippen LogP contribution in [0.25, 0.3) is 0 Å². The van der Waals surface area contributed by atoms with Gasteiger partial charge in [-0.25, -0.2) is 0 Å². The summed E-state index contributed by atoms with van der Waals surface area (Å²) in [6.07, 6.45) is 5.29. The molecule has 2 N–H and O–H groups in total. The van der Waals surface area contributed by atoms with Crippen molar-refractivity contribution in [3.05, 3.63) is 0 Å². The number of rotatable bonds is 3. The van der Waals surface area contributed by atoms with E-state index in [1.807, 2.05) is 0 Å². The van der Waals surface area contributed by atoms with Crippen molar-refractivity contribution in [2.75, 3.05) is 45.8 Å². The first-order valence-electron chi connectivity index (χ1n) is 7.68. The van der Waals surface area contributed by atoms with Gasteiger partial charge in [-0.05, 0) is 57.8 Å². The van der Waals surface area contributed by atoms with Crippen LogP contribution in [0.3, 0.4) is 0 Å². The molecule has 0 aliphatic carbocycles. The molecule has 4 heteroatoms. The van der Waals surface area contributed by atoms with Crippen molar-refractivity contribution in [2.24, 2.45) is 5.92 Å². The minimum absolute atomic E-state index is 0.153. The van der Waals surface area contributed by atoms with Crippen LogP contribution in [0.4, 0.5) is 0 Å². The zero-order valence-electron chi connectivity index (χ0n) is 11.4. The fourth-order valence-electron chi connectivity index (χ4n) is 3.82. The molecule has 0 aromatic rings. The van der Waals surface area contributed by atoms with Crippen LogP contribution >= 0.6 is 0 Å². The maximum Gasteiger partial charge on any atom is 0.0831 e. The lowest BCUT2D eigenvalue weighted by molar-refractivity contribution is 0.0538. The zero-order valence-corrected chi connectivity index (χ0v) is 11.4. The van der Waals surface area contributed by atoms with Gasteiger partial charge in [0.2, 0.25) is 0 Å². The minimum Gasteiger partial charge on any atom is -0.390 e. The summed E-state index contributed by atoms with van der Waals surface area (Å²) in [5.41, 5.74) is 0. The van der Waals surface area contributed by atoms with E-state index in [0.29, 0.717) is 6.04 Å². The number of hydrogen-bond acceptors (Lipinski definition) is 4. The molecule has 104 valence electrons. The first-order valence-corrected chi connectivity index (χ1v) is 7.68. The van der Waals surface area contributed by atoms with Crippen molar-refractivity contribution in [2.45, 2.75) is 37.8 Å². The van der Waals surface area contributed by atoms with E-state index in [1.165, 1.54) is 58.4 Å². The molecule has 0 spiro atoms. The Hall–Kier alpha value is -0.160. The van der Waals surface area contributed by atoms with E-state index >= 15 is 0 Å². The molecule has 3 heterocycles. The SMILES string of the molecule is OC1CNCC1N1CCC(CN2CCCC2)CC1. The molecule has 0 aromatic heterocycles. The molecule has 3 aliphatic heterocycles. The van der Waals surface area contributed by atoms with Gasteiger partial charge >= 0.3 is 0 Å². The summed E-state index contributed by atoms with van der Waals surface area (Å²) in [5, 5.41) is 13.2. The maximum atomic E-state index is 9.92. The van der Waals surface area contributed by atoms with Crippen molar-refractivity contribution >= 4 is 0 Å². The van der Waals surface area contributed by atoms with E-state index < -0.39 is 0 Å². The van der Waals surface area contributed by atoms with E-state index in [9.17, 15) is 5.11 Å². The Morgan fingerprint density at radius 3 is 2.33 bits per heavy atom. The molecule has 18 heavy (non-hydrogen) atoms. The smallest absolute Gasteiger partial charge is 0.0831 e. The fourth-order valence-corrected chi connectivity index (χ4v) is 3.82. The van der Waals surface area contributed by atoms with Gasteiger partial charge in [0.15, 0.2) is 0 Å². The Kier molecular flexibility index (Phi) is 4.19. The van der Waals surface area contributed by atoms with E-state index in [4.69, 9.17) is 0 Å². The normalized spacial score (nSPS) is 36.5. The molecule has 2 atom stereocenters. The highest BCUT2D eigenvalue weighted by Crippen LogP contribution is 2.23. The molecule has 3 aliphatic rings. The highest BCUT2D eigenvalue weighted by atomic mass is 16.3. The second-order valence-electron chi connectivity index (χ2n) is 6.28.